The number of carbonyl (C=O) groups is 2. The van der Waals surface area contributed by atoms with Gasteiger partial charge >= 0.3 is 0 Å². The third kappa shape index (κ3) is 4.20. The topological polar surface area (TPSA) is 69.6 Å². The van der Waals surface area contributed by atoms with E-state index in [0.29, 0.717) is 17.7 Å². The highest BCUT2D eigenvalue weighted by Gasteiger charge is 2.17. The number of nitrogens with one attached hydrogen (secondary N) is 1. The van der Waals surface area contributed by atoms with Crippen LogP contribution in [0.4, 0.5) is 0 Å². The molecule has 2 N–H and O–H groups in total. The van der Waals surface area contributed by atoms with E-state index in [-0.39, 0.29) is 18.4 Å². The zero-order chi connectivity index (χ0) is 17.5. The number of amides is 2. The molecule has 2 amide bonds. The van der Waals surface area contributed by atoms with Crippen molar-refractivity contribution in [1.82, 2.24) is 10.2 Å². The second-order valence-electron chi connectivity index (χ2n) is 5.52. The largest absolute Gasteiger partial charge is 0.394 e. The molecular formula is C19H22N2O3. The third-order valence-corrected chi connectivity index (χ3v) is 3.88. The number of rotatable bonds is 6. The summed E-state index contributed by atoms with van der Waals surface area (Å²) < 4.78 is 0. The van der Waals surface area contributed by atoms with Crippen molar-refractivity contribution in [1.29, 1.82) is 0 Å². The van der Waals surface area contributed by atoms with Crippen LogP contribution in [0.25, 0.3) is 0 Å². The molecule has 0 bridgehead atoms. The second-order valence-corrected chi connectivity index (χ2v) is 5.52. The fourth-order valence-corrected chi connectivity index (χ4v) is 2.32. The van der Waals surface area contributed by atoms with Crippen LogP contribution >= 0.6 is 0 Å². The molecule has 2 aromatic rings. The van der Waals surface area contributed by atoms with Crippen LogP contribution in [0.15, 0.2) is 54.6 Å². The van der Waals surface area contributed by atoms with Crippen LogP contribution in [0, 0.1) is 0 Å². The number of benzene rings is 2. The molecule has 0 aliphatic heterocycles. The summed E-state index contributed by atoms with van der Waals surface area (Å²) in [5.74, 6) is -0.458. The van der Waals surface area contributed by atoms with Gasteiger partial charge in [-0.3, -0.25) is 9.59 Å². The molecule has 0 aliphatic rings. The van der Waals surface area contributed by atoms with Crippen LogP contribution in [0.1, 0.15) is 39.2 Å². The van der Waals surface area contributed by atoms with E-state index in [2.05, 4.69) is 5.32 Å². The molecule has 0 radical (unpaired) electrons. The number of carbonyl (C=O) groups excluding carboxylic acids is 2. The molecule has 5 nitrogen and oxygen atoms in total. The number of hydrogen-bond acceptors (Lipinski definition) is 3. The lowest BCUT2D eigenvalue weighted by atomic mass is 10.1. The Balaban J connectivity index is 2.16. The third-order valence-electron chi connectivity index (χ3n) is 3.88. The molecule has 0 aliphatic carbocycles. The molecule has 2 aromatic carbocycles. The Hall–Kier alpha value is -2.66. The molecule has 1 atom stereocenters. The maximum absolute atomic E-state index is 12.5. The summed E-state index contributed by atoms with van der Waals surface area (Å²) in [5, 5.41) is 12.3. The van der Waals surface area contributed by atoms with Crippen molar-refractivity contribution in [2.24, 2.45) is 0 Å². The summed E-state index contributed by atoms with van der Waals surface area (Å²) in [7, 11) is 1.71. The first-order chi connectivity index (χ1) is 11.6. The van der Waals surface area contributed by atoms with Gasteiger partial charge in [-0.25, -0.2) is 0 Å². The molecule has 5 heteroatoms. The number of aliphatic hydroxyl groups excluding tert-OH is 1. The Labute approximate surface area is 141 Å². The lowest BCUT2D eigenvalue weighted by molar-refractivity contribution is 0.0802. The fourth-order valence-electron chi connectivity index (χ4n) is 2.32. The average Bonchev–Trinajstić information content (AvgIpc) is 2.65. The van der Waals surface area contributed by atoms with Crippen LogP contribution in [0.3, 0.4) is 0 Å². The molecule has 1 unspecified atom stereocenters. The lowest BCUT2D eigenvalue weighted by Gasteiger charge is -2.18. The van der Waals surface area contributed by atoms with Crippen LogP contribution in [0.2, 0.25) is 0 Å². The maximum atomic E-state index is 12.5. The van der Waals surface area contributed by atoms with Gasteiger partial charge in [0, 0.05) is 24.7 Å². The zero-order valence-corrected chi connectivity index (χ0v) is 13.9. The molecular weight excluding hydrogens is 304 g/mol. The molecule has 0 saturated carbocycles. The van der Waals surface area contributed by atoms with E-state index in [0.717, 1.165) is 5.56 Å². The summed E-state index contributed by atoms with van der Waals surface area (Å²) in [6, 6.07) is 15.4. The Morgan fingerprint density at radius 1 is 1.08 bits per heavy atom. The summed E-state index contributed by atoms with van der Waals surface area (Å²) in [4.78, 5) is 26.2. The van der Waals surface area contributed by atoms with E-state index in [4.69, 9.17) is 0 Å². The lowest BCUT2D eigenvalue weighted by Crippen LogP contribution is -2.31. The predicted molar refractivity (Wildman–Crippen MR) is 92.8 cm³/mol. The van der Waals surface area contributed by atoms with Crippen molar-refractivity contribution < 1.29 is 14.7 Å². The van der Waals surface area contributed by atoms with E-state index < -0.39 is 6.04 Å². The van der Waals surface area contributed by atoms with Gasteiger partial charge in [0.25, 0.3) is 11.8 Å². The first-order valence-corrected chi connectivity index (χ1v) is 7.89. The summed E-state index contributed by atoms with van der Waals surface area (Å²) in [6.07, 6.45) is 0. The quantitative estimate of drug-likeness (QED) is 0.855. The van der Waals surface area contributed by atoms with Gasteiger partial charge in [0.15, 0.2) is 0 Å². The minimum atomic E-state index is -0.489. The first-order valence-electron chi connectivity index (χ1n) is 7.89. The van der Waals surface area contributed by atoms with Gasteiger partial charge in [-0.1, -0.05) is 36.4 Å². The zero-order valence-electron chi connectivity index (χ0n) is 13.9. The van der Waals surface area contributed by atoms with E-state index >= 15 is 0 Å². The predicted octanol–water partition coefficient (Wildman–Crippen LogP) is 2.24. The highest BCUT2D eigenvalue weighted by molar-refractivity contribution is 5.99. The highest BCUT2D eigenvalue weighted by Crippen LogP contribution is 2.14. The van der Waals surface area contributed by atoms with Crippen molar-refractivity contribution in [3.8, 4) is 0 Å². The standard InChI is InChI=1S/C19H22N2O3/c1-3-21(2)19(24)16-11-7-10-15(12-16)18(23)20-17(13-22)14-8-5-4-6-9-14/h4-12,17,22H,3,13H2,1-2H3,(H,20,23). The molecule has 0 saturated heterocycles. The van der Waals surface area contributed by atoms with Gasteiger partial charge in [-0.05, 0) is 30.7 Å². The molecule has 126 valence electrons. The van der Waals surface area contributed by atoms with Crippen molar-refractivity contribution in [2.75, 3.05) is 20.2 Å². The van der Waals surface area contributed by atoms with Gasteiger partial charge < -0.3 is 15.3 Å². The normalized spacial score (nSPS) is 11.6. The van der Waals surface area contributed by atoms with Crippen molar-refractivity contribution in [3.05, 3.63) is 71.3 Å². The monoisotopic (exact) mass is 326 g/mol. The smallest absolute Gasteiger partial charge is 0.253 e. The first kappa shape index (κ1) is 17.7. The van der Waals surface area contributed by atoms with Crippen LogP contribution < -0.4 is 5.32 Å². The Morgan fingerprint density at radius 2 is 1.75 bits per heavy atom. The second kappa shape index (κ2) is 8.26. The van der Waals surface area contributed by atoms with E-state index in [1.165, 1.54) is 0 Å². The summed E-state index contributed by atoms with van der Waals surface area (Å²) in [6.45, 7) is 2.28. The Morgan fingerprint density at radius 3 is 2.38 bits per heavy atom. The molecule has 2 rings (SSSR count). The molecule has 0 fully saturated rings. The Bertz CT molecular complexity index is 701. The van der Waals surface area contributed by atoms with Gasteiger partial charge in [0.05, 0.1) is 12.6 Å². The van der Waals surface area contributed by atoms with Gasteiger partial charge in [0.1, 0.15) is 0 Å². The van der Waals surface area contributed by atoms with Gasteiger partial charge in [0.2, 0.25) is 0 Å². The highest BCUT2D eigenvalue weighted by atomic mass is 16.3. The van der Waals surface area contributed by atoms with Crippen molar-refractivity contribution >= 4 is 11.8 Å². The summed E-state index contributed by atoms with van der Waals surface area (Å²) >= 11 is 0. The van der Waals surface area contributed by atoms with E-state index in [1.54, 1.807) is 36.2 Å². The van der Waals surface area contributed by atoms with Crippen LogP contribution in [0.5, 0.6) is 0 Å². The number of nitrogens with zero attached hydrogens (tertiary/aromatic N) is 1. The SMILES string of the molecule is CCN(C)C(=O)c1cccc(C(=O)NC(CO)c2ccccc2)c1. The molecule has 24 heavy (non-hydrogen) atoms. The van der Waals surface area contributed by atoms with E-state index in [9.17, 15) is 14.7 Å². The molecule has 0 heterocycles. The van der Waals surface area contributed by atoms with Crippen molar-refractivity contribution in [2.45, 2.75) is 13.0 Å². The average molecular weight is 326 g/mol. The van der Waals surface area contributed by atoms with Crippen LogP contribution in [-0.2, 0) is 0 Å². The molecule has 0 aromatic heterocycles. The van der Waals surface area contributed by atoms with E-state index in [1.807, 2.05) is 37.3 Å². The number of aliphatic hydroxyl groups is 1. The van der Waals surface area contributed by atoms with Gasteiger partial charge in [-0.15, -0.1) is 0 Å². The number of hydrogen-bond donors (Lipinski definition) is 2. The van der Waals surface area contributed by atoms with Gasteiger partial charge in [-0.2, -0.15) is 0 Å². The minimum absolute atomic E-state index is 0.131. The summed E-state index contributed by atoms with van der Waals surface area (Å²) in [5.41, 5.74) is 1.68. The van der Waals surface area contributed by atoms with Crippen LogP contribution in [-0.4, -0.2) is 42.0 Å². The Kier molecular flexibility index (Phi) is 6.09. The fraction of sp³-hybridized carbons (Fsp3) is 0.263. The minimum Gasteiger partial charge on any atom is -0.394 e. The maximum Gasteiger partial charge on any atom is 0.253 e. The van der Waals surface area contributed by atoms with Crippen molar-refractivity contribution in [3.63, 3.8) is 0 Å². The molecule has 0 spiro atoms.